The molecule has 0 aliphatic rings. The summed E-state index contributed by atoms with van der Waals surface area (Å²) in [6.45, 7) is 22.2. The molecule has 6 heteroatoms. The lowest BCUT2D eigenvalue weighted by Gasteiger charge is -2.45. The monoisotopic (exact) mass is 402 g/mol. The normalized spacial score (nSPS) is 16.2. The lowest BCUT2D eigenvalue weighted by atomic mass is 10.0. The molecule has 0 N–H and O–H groups in total. The summed E-state index contributed by atoms with van der Waals surface area (Å²) in [4.78, 5) is 22.0. The zero-order chi connectivity index (χ0) is 20.8. The topological polar surface area (TPSA) is 52.6 Å². The average molecular weight is 403 g/mol. The summed E-state index contributed by atoms with van der Waals surface area (Å²) in [5.41, 5.74) is 0. The van der Waals surface area contributed by atoms with Crippen LogP contribution in [0.4, 0.5) is 0 Å². The van der Waals surface area contributed by atoms with Gasteiger partial charge in [0.2, 0.25) is 0 Å². The molecule has 0 heterocycles. The van der Waals surface area contributed by atoms with Gasteiger partial charge in [0, 0.05) is 12.8 Å². The van der Waals surface area contributed by atoms with Crippen molar-refractivity contribution in [3.05, 3.63) is 0 Å². The highest BCUT2D eigenvalue weighted by Gasteiger charge is 2.44. The Morgan fingerprint density at radius 1 is 0.692 bits per heavy atom. The molecule has 0 rings (SSSR count). The van der Waals surface area contributed by atoms with E-state index in [0.29, 0.717) is 25.7 Å². The van der Waals surface area contributed by atoms with Crippen LogP contribution in [-0.4, -0.2) is 41.4 Å². The summed E-state index contributed by atoms with van der Waals surface area (Å²) in [6.07, 6.45) is 3.82. The van der Waals surface area contributed by atoms with Gasteiger partial charge in [-0.15, -0.1) is 0 Å². The van der Waals surface area contributed by atoms with E-state index in [4.69, 9.17) is 8.85 Å². The van der Waals surface area contributed by atoms with Gasteiger partial charge < -0.3 is 18.4 Å². The second-order valence-corrected chi connectivity index (χ2v) is 19.8. The quantitative estimate of drug-likeness (QED) is 0.327. The third-order valence-corrected chi connectivity index (χ3v) is 15.1. The van der Waals surface area contributed by atoms with Crippen molar-refractivity contribution in [2.75, 3.05) is 0 Å². The number of carbonyl (C=O) groups is 2. The fourth-order valence-corrected chi connectivity index (χ4v) is 4.98. The van der Waals surface area contributed by atoms with Gasteiger partial charge >= 0.3 is 0 Å². The highest BCUT2D eigenvalue weighted by Crippen LogP contribution is 2.41. The summed E-state index contributed by atoms with van der Waals surface area (Å²) in [5.74, 6) is 0. The van der Waals surface area contributed by atoms with Gasteiger partial charge in [-0.25, -0.2) is 0 Å². The number of hydrogen-bond acceptors (Lipinski definition) is 4. The van der Waals surface area contributed by atoms with E-state index < -0.39 is 16.6 Å². The highest BCUT2D eigenvalue weighted by atomic mass is 28.4. The van der Waals surface area contributed by atoms with Gasteiger partial charge in [0.1, 0.15) is 12.6 Å². The fourth-order valence-electron chi connectivity index (χ4n) is 2.22. The maximum Gasteiger partial charge on any atom is 0.192 e. The molecule has 0 bridgehead atoms. The summed E-state index contributed by atoms with van der Waals surface area (Å²) in [5, 5.41) is 0.164. The van der Waals surface area contributed by atoms with Crippen LogP contribution in [0.1, 0.15) is 67.2 Å². The summed E-state index contributed by atoms with van der Waals surface area (Å²) >= 11 is 0. The van der Waals surface area contributed by atoms with E-state index in [1.807, 2.05) is 0 Å². The van der Waals surface area contributed by atoms with Crippen LogP contribution in [-0.2, 0) is 18.4 Å². The van der Waals surface area contributed by atoms with E-state index in [9.17, 15) is 9.59 Å². The first-order valence-electron chi connectivity index (χ1n) is 9.82. The number of hydrogen-bond donors (Lipinski definition) is 0. The second kappa shape index (κ2) is 9.76. The van der Waals surface area contributed by atoms with Crippen molar-refractivity contribution < 1.29 is 18.4 Å². The van der Waals surface area contributed by atoms with Gasteiger partial charge in [-0.05, 0) is 49.1 Å². The van der Waals surface area contributed by atoms with Crippen molar-refractivity contribution in [1.82, 2.24) is 0 Å². The highest BCUT2D eigenvalue weighted by molar-refractivity contribution is 6.74. The summed E-state index contributed by atoms with van der Waals surface area (Å²) < 4.78 is 13.4. The van der Waals surface area contributed by atoms with Crippen LogP contribution in [0.5, 0.6) is 0 Å². The second-order valence-electron chi connectivity index (χ2n) is 10.3. The van der Waals surface area contributed by atoms with Crippen molar-refractivity contribution >= 4 is 29.2 Å². The van der Waals surface area contributed by atoms with Crippen LogP contribution < -0.4 is 0 Å². The molecule has 0 aromatic carbocycles. The first-order chi connectivity index (χ1) is 11.6. The predicted octanol–water partition coefficient (Wildman–Crippen LogP) is 5.73. The first kappa shape index (κ1) is 25.7. The van der Waals surface area contributed by atoms with E-state index in [1.54, 1.807) is 0 Å². The lowest BCUT2D eigenvalue weighted by molar-refractivity contribution is -0.110. The molecule has 26 heavy (non-hydrogen) atoms. The smallest absolute Gasteiger partial charge is 0.192 e. The molecular formula is C20H42O4Si2. The molecule has 0 aromatic heterocycles. The van der Waals surface area contributed by atoms with Gasteiger partial charge in [0.25, 0.3) is 0 Å². The summed E-state index contributed by atoms with van der Waals surface area (Å²) in [6, 6.07) is 0. The molecule has 154 valence electrons. The van der Waals surface area contributed by atoms with Crippen molar-refractivity contribution in [1.29, 1.82) is 0 Å². The Labute approximate surface area is 163 Å². The van der Waals surface area contributed by atoms with Crippen molar-refractivity contribution in [2.24, 2.45) is 0 Å². The van der Waals surface area contributed by atoms with E-state index in [2.05, 4.69) is 67.7 Å². The van der Waals surface area contributed by atoms with Crippen LogP contribution in [0.3, 0.4) is 0 Å². The zero-order valence-corrected chi connectivity index (χ0v) is 20.8. The Hall–Kier alpha value is -0.306. The maximum absolute atomic E-state index is 11.0. The van der Waals surface area contributed by atoms with E-state index in [1.165, 1.54) is 0 Å². The van der Waals surface area contributed by atoms with Crippen molar-refractivity contribution in [2.45, 2.75) is 116 Å². The predicted molar refractivity (Wildman–Crippen MR) is 115 cm³/mol. The van der Waals surface area contributed by atoms with E-state index >= 15 is 0 Å². The van der Waals surface area contributed by atoms with Crippen LogP contribution >= 0.6 is 0 Å². The van der Waals surface area contributed by atoms with Crippen LogP contribution in [0.25, 0.3) is 0 Å². The molecule has 0 radical (unpaired) electrons. The van der Waals surface area contributed by atoms with Gasteiger partial charge in [0.05, 0.1) is 12.2 Å². The molecular weight excluding hydrogens is 360 g/mol. The third kappa shape index (κ3) is 7.74. The van der Waals surface area contributed by atoms with Gasteiger partial charge in [-0.3, -0.25) is 0 Å². The van der Waals surface area contributed by atoms with Crippen LogP contribution in [0.2, 0.25) is 36.3 Å². The van der Waals surface area contributed by atoms with Crippen LogP contribution in [0, 0.1) is 0 Å². The summed E-state index contributed by atoms with van der Waals surface area (Å²) in [7, 11) is -4.02. The van der Waals surface area contributed by atoms with Crippen molar-refractivity contribution in [3.63, 3.8) is 0 Å². The van der Waals surface area contributed by atoms with Crippen molar-refractivity contribution in [3.8, 4) is 0 Å². The number of aldehydes is 2. The molecule has 0 amide bonds. The Morgan fingerprint density at radius 3 is 1.15 bits per heavy atom. The molecule has 0 saturated heterocycles. The van der Waals surface area contributed by atoms with Gasteiger partial charge in [-0.1, -0.05) is 41.5 Å². The van der Waals surface area contributed by atoms with Gasteiger partial charge in [0.15, 0.2) is 16.6 Å². The Kier molecular flexibility index (Phi) is 9.64. The molecule has 4 nitrogen and oxygen atoms in total. The van der Waals surface area contributed by atoms with Gasteiger partial charge in [-0.2, -0.15) is 0 Å². The molecule has 0 unspecified atom stereocenters. The Morgan fingerprint density at radius 2 is 0.962 bits per heavy atom. The number of rotatable bonds is 11. The zero-order valence-electron chi connectivity index (χ0n) is 18.8. The van der Waals surface area contributed by atoms with E-state index in [0.717, 1.165) is 12.6 Å². The molecule has 0 saturated carbocycles. The first-order valence-corrected chi connectivity index (χ1v) is 15.6. The molecule has 2 atom stereocenters. The standard InChI is InChI=1S/C20H42O4Si2/c1-19(2,3)25(7,8)23-17(13-11-15-21)18(14-12-16-22)24-26(9,10)20(4,5)6/h15-18H,11-14H2,1-10H3/t17-,18-/m0/s1. The Balaban J connectivity index is 5.66. The molecule has 0 aliphatic carbocycles. The minimum Gasteiger partial charge on any atom is -0.411 e. The number of carbonyl (C=O) groups excluding carboxylic acids is 2. The minimum absolute atomic E-state index is 0.0820. The molecule has 0 aromatic rings. The average Bonchev–Trinajstić information content (AvgIpc) is 2.45. The minimum atomic E-state index is -2.01. The Bertz CT molecular complexity index is 406. The largest absolute Gasteiger partial charge is 0.411 e. The van der Waals surface area contributed by atoms with Crippen LogP contribution in [0.15, 0.2) is 0 Å². The molecule has 0 aliphatic heterocycles. The SMILES string of the molecule is CC(C)(C)[Si](C)(C)O[C@@H](CCC=O)[C@H](CCC=O)O[Si](C)(C)C(C)(C)C. The molecule has 0 spiro atoms. The maximum atomic E-state index is 11.0. The molecule has 0 fully saturated rings. The van der Waals surface area contributed by atoms with E-state index in [-0.39, 0.29) is 22.3 Å². The third-order valence-electron chi connectivity index (χ3n) is 6.06. The lowest BCUT2D eigenvalue weighted by Crippen LogP contribution is -2.52. The fraction of sp³-hybridized carbons (Fsp3) is 0.900.